The largest absolute Gasteiger partial charge is 0.312 e. The Kier molecular flexibility index (Phi) is 5.73. The van der Waals surface area contributed by atoms with Crippen LogP contribution in [0.25, 0.3) is 0 Å². The van der Waals surface area contributed by atoms with Crippen LogP contribution in [0.2, 0.25) is 5.02 Å². The van der Waals surface area contributed by atoms with Gasteiger partial charge in [0, 0.05) is 23.4 Å². The van der Waals surface area contributed by atoms with E-state index in [4.69, 9.17) is 11.6 Å². The maximum atomic E-state index is 6.17. The fourth-order valence-corrected chi connectivity index (χ4v) is 3.08. The van der Waals surface area contributed by atoms with Gasteiger partial charge in [-0.05, 0) is 45.4 Å². The van der Waals surface area contributed by atoms with Gasteiger partial charge in [-0.2, -0.15) is 0 Å². The highest BCUT2D eigenvalue weighted by atomic mass is 35.5. The van der Waals surface area contributed by atoms with Gasteiger partial charge in [-0.3, -0.25) is 0 Å². The summed E-state index contributed by atoms with van der Waals surface area (Å²) in [6.45, 7) is 7.54. The molecule has 2 rings (SSSR count). The van der Waals surface area contributed by atoms with Gasteiger partial charge in [-0.25, -0.2) is 0 Å². The summed E-state index contributed by atoms with van der Waals surface area (Å²) in [5, 5.41) is 15.0. The molecule has 1 aromatic carbocycles. The second kappa shape index (κ2) is 7.34. The third-order valence-corrected chi connectivity index (χ3v) is 4.38. The van der Waals surface area contributed by atoms with Crippen molar-refractivity contribution >= 4 is 22.9 Å². The third-order valence-electron chi connectivity index (χ3n) is 3.03. The maximum Gasteiger partial charge on any atom is 0.121 e. The Hall–Kier alpha value is -0.970. The van der Waals surface area contributed by atoms with E-state index in [0.717, 1.165) is 46.4 Å². The zero-order chi connectivity index (χ0) is 15.3. The Balaban J connectivity index is 1.83. The standard InChI is InChI=1S/C16H22ClN3S/c1-16(2,3)18-10-6-9-14-19-20-15(21-14)11-12-7-4-5-8-13(12)17/h4-5,7-8,18H,6,9-11H2,1-3H3. The minimum absolute atomic E-state index is 0.177. The van der Waals surface area contributed by atoms with Gasteiger partial charge < -0.3 is 5.32 Å². The molecule has 0 fully saturated rings. The highest BCUT2D eigenvalue weighted by Gasteiger charge is 2.09. The summed E-state index contributed by atoms with van der Waals surface area (Å²) >= 11 is 7.86. The summed E-state index contributed by atoms with van der Waals surface area (Å²) in [5.41, 5.74) is 1.28. The molecular weight excluding hydrogens is 302 g/mol. The Morgan fingerprint density at radius 3 is 2.57 bits per heavy atom. The predicted octanol–water partition coefficient (Wildman–Crippen LogP) is 4.10. The summed E-state index contributed by atoms with van der Waals surface area (Å²) in [4.78, 5) is 0. The third kappa shape index (κ3) is 5.73. The molecule has 0 saturated carbocycles. The van der Waals surface area contributed by atoms with E-state index in [-0.39, 0.29) is 5.54 Å². The lowest BCUT2D eigenvalue weighted by Crippen LogP contribution is -2.36. The first kappa shape index (κ1) is 16.4. The normalized spacial score (nSPS) is 11.8. The quantitative estimate of drug-likeness (QED) is 0.813. The molecule has 0 unspecified atom stereocenters. The SMILES string of the molecule is CC(C)(C)NCCCc1nnc(Cc2ccccc2Cl)s1. The number of aryl methyl sites for hydroxylation is 1. The van der Waals surface area contributed by atoms with E-state index >= 15 is 0 Å². The summed E-state index contributed by atoms with van der Waals surface area (Å²) in [6.07, 6.45) is 2.82. The molecule has 5 heteroatoms. The van der Waals surface area contributed by atoms with E-state index in [1.807, 2.05) is 24.3 Å². The van der Waals surface area contributed by atoms with Crippen LogP contribution >= 0.6 is 22.9 Å². The molecule has 0 aliphatic carbocycles. The van der Waals surface area contributed by atoms with E-state index in [1.54, 1.807) is 11.3 Å². The van der Waals surface area contributed by atoms with Gasteiger partial charge in [0.1, 0.15) is 10.0 Å². The van der Waals surface area contributed by atoms with Gasteiger partial charge in [0.2, 0.25) is 0 Å². The number of hydrogen-bond donors (Lipinski definition) is 1. The molecule has 1 heterocycles. The van der Waals surface area contributed by atoms with Crippen molar-refractivity contribution in [3.8, 4) is 0 Å². The van der Waals surface area contributed by atoms with Crippen molar-refractivity contribution in [3.05, 3.63) is 44.9 Å². The molecule has 114 valence electrons. The smallest absolute Gasteiger partial charge is 0.121 e. The van der Waals surface area contributed by atoms with Crippen molar-refractivity contribution in [1.82, 2.24) is 15.5 Å². The van der Waals surface area contributed by atoms with Crippen LogP contribution in [-0.4, -0.2) is 22.3 Å². The Labute approximate surface area is 135 Å². The molecule has 0 saturated heterocycles. The predicted molar refractivity (Wildman–Crippen MR) is 90.2 cm³/mol. The Morgan fingerprint density at radius 2 is 1.86 bits per heavy atom. The maximum absolute atomic E-state index is 6.17. The lowest BCUT2D eigenvalue weighted by molar-refractivity contribution is 0.422. The number of halogens is 1. The van der Waals surface area contributed by atoms with Gasteiger partial charge in [0.05, 0.1) is 0 Å². The van der Waals surface area contributed by atoms with Crippen molar-refractivity contribution in [2.24, 2.45) is 0 Å². The van der Waals surface area contributed by atoms with Crippen LogP contribution in [0.1, 0.15) is 42.8 Å². The highest BCUT2D eigenvalue weighted by Crippen LogP contribution is 2.21. The average Bonchev–Trinajstić information content (AvgIpc) is 2.84. The van der Waals surface area contributed by atoms with Crippen molar-refractivity contribution in [1.29, 1.82) is 0 Å². The monoisotopic (exact) mass is 323 g/mol. The molecular formula is C16H22ClN3S. The second-order valence-corrected chi connectivity index (χ2v) is 7.69. The molecule has 2 aromatic rings. The molecule has 0 aliphatic rings. The molecule has 0 spiro atoms. The topological polar surface area (TPSA) is 37.8 Å². The minimum Gasteiger partial charge on any atom is -0.312 e. The van der Waals surface area contributed by atoms with Gasteiger partial charge in [0.15, 0.2) is 0 Å². The van der Waals surface area contributed by atoms with Crippen LogP contribution in [0.15, 0.2) is 24.3 Å². The number of aromatic nitrogens is 2. The van der Waals surface area contributed by atoms with Crippen LogP contribution in [0.4, 0.5) is 0 Å². The lowest BCUT2D eigenvalue weighted by Gasteiger charge is -2.20. The lowest BCUT2D eigenvalue weighted by atomic mass is 10.1. The number of hydrogen-bond acceptors (Lipinski definition) is 4. The fourth-order valence-electron chi connectivity index (χ4n) is 1.97. The van der Waals surface area contributed by atoms with E-state index in [1.165, 1.54) is 0 Å². The van der Waals surface area contributed by atoms with Crippen LogP contribution < -0.4 is 5.32 Å². The van der Waals surface area contributed by atoms with Crippen molar-refractivity contribution in [2.75, 3.05) is 6.54 Å². The number of nitrogens with zero attached hydrogens (tertiary/aromatic N) is 2. The van der Waals surface area contributed by atoms with Crippen LogP contribution in [0.5, 0.6) is 0 Å². The zero-order valence-corrected chi connectivity index (χ0v) is 14.4. The summed E-state index contributed by atoms with van der Waals surface area (Å²) in [7, 11) is 0. The van der Waals surface area contributed by atoms with Crippen molar-refractivity contribution < 1.29 is 0 Å². The van der Waals surface area contributed by atoms with E-state index in [0.29, 0.717) is 0 Å². The van der Waals surface area contributed by atoms with Crippen LogP contribution in [0, 0.1) is 0 Å². The second-order valence-electron chi connectivity index (χ2n) is 6.14. The summed E-state index contributed by atoms with van der Waals surface area (Å²) in [5.74, 6) is 0. The highest BCUT2D eigenvalue weighted by molar-refractivity contribution is 7.11. The molecule has 0 aliphatic heterocycles. The van der Waals surface area contributed by atoms with Crippen LogP contribution in [0.3, 0.4) is 0 Å². The average molecular weight is 324 g/mol. The zero-order valence-electron chi connectivity index (χ0n) is 12.8. The molecule has 1 aromatic heterocycles. The number of rotatable bonds is 6. The van der Waals surface area contributed by atoms with E-state index in [2.05, 4.69) is 36.3 Å². The van der Waals surface area contributed by atoms with Gasteiger partial charge in [-0.15, -0.1) is 21.5 Å². The van der Waals surface area contributed by atoms with Crippen molar-refractivity contribution in [3.63, 3.8) is 0 Å². The molecule has 21 heavy (non-hydrogen) atoms. The van der Waals surface area contributed by atoms with E-state index in [9.17, 15) is 0 Å². The number of nitrogens with one attached hydrogen (secondary N) is 1. The first-order valence-electron chi connectivity index (χ1n) is 7.24. The minimum atomic E-state index is 0.177. The molecule has 3 nitrogen and oxygen atoms in total. The molecule has 0 amide bonds. The van der Waals surface area contributed by atoms with E-state index < -0.39 is 0 Å². The molecule has 0 bridgehead atoms. The first-order chi connectivity index (χ1) is 9.94. The number of benzene rings is 1. The van der Waals surface area contributed by atoms with Crippen molar-refractivity contribution in [2.45, 2.75) is 45.6 Å². The molecule has 0 radical (unpaired) electrons. The molecule has 0 atom stereocenters. The first-order valence-corrected chi connectivity index (χ1v) is 8.43. The van der Waals surface area contributed by atoms with Gasteiger partial charge in [0.25, 0.3) is 0 Å². The van der Waals surface area contributed by atoms with Gasteiger partial charge in [-0.1, -0.05) is 29.8 Å². The van der Waals surface area contributed by atoms with Crippen LogP contribution in [-0.2, 0) is 12.8 Å². The summed E-state index contributed by atoms with van der Waals surface area (Å²) < 4.78 is 0. The Morgan fingerprint density at radius 1 is 1.14 bits per heavy atom. The van der Waals surface area contributed by atoms with Gasteiger partial charge >= 0.3 is 0 Å². The summed E-state index contributed by atoms with van der Waals surface area (Å²) in [6, 6.07) is 7.90. The molecule has 1 N–H and O–H groups in total. The Bertz CT molecular complexity index is 575. The fraction of sp³-hybridized carbons (Fsp3) is 0.500.